The summed E-state index contributed by atoms with van der Waals surface area (Å²) in [6.07, 6.45) is 2.36. The Kier molecular flexibility index (Phi) is 5.03. The van der Waals surface area contributed by atoms with Gasteiger partial charge in [0.25, 0.3) is 5.91 Å². The number of nitrogens with zero attached hydrogens (tertiary/aromatic N) is 5. The maximum atomic E-state index is 12.5. The molecule has 3 rings (SSSR count). The van der Waals surface area contributed by atoms with Crippen molar-refractivity contribution in [2.45, 2.75) is 19.1 Å². The highest BCUT2D eigenvalue weighted by atomic mass is 32.3. The Morgan fingerprint density at radius 2 is 2.22 bits per heavy atom. The summed E-state index contributed by atoms with van der Waals surface area (Å²) in [6, 6.07) is 0. The van der Waals surface area contributed by atoms with E-state index < -0.39 is 28.9 Å². The first-order valence-electron chi connectivity index (χ1n) is 7.64. The summed E-state index contributed by atoms with van der Waals surface area (Å²) in [5.74, 6) is -0.381. The summed E-state index contributed by atoms with van der Waals surface area (Å²) in [5.41, 5.74) is 4.91. The molecule has 0 saturated carbocycles. The van der Waals surface area contributed by atoms with E-state index in [1.54, 1.807) is 12.3 Å². The number of anilines is 1. The standard InChI is InChI=1S/C14H18FN7O3S2/c1-14(7-27(24,25)22(2)13(16)21-14)12-20-10(6-26-12)19-11(23)9-5-17-8(3-15)4-18-9/h4-6,24-25H,3,7H2,1-2H3,(H2,16,21)(H,19,23)/t14-/m0/s1. The minimum atomic E-state index is -3.12. The Hall–Kier alpha value is -2.35. The fourth-order valence-electron chi connectivity index (χ4n) is 2.39. The Bertz CT molecular complexity index is 889. The van der Waals surface area contributed by atoms with E-state index in [9.17, 15) is 18.3 Å². The predicted molar refractivity (Wildman–Crippen MR) is 101 cm³/mol. The van der Waals surface area contributed by atoms with Gasteiger partial charge in [-0.05, 0) is 6.92 Å². The largest absolute Gasteiger partial charge is 0.369 e. The number of nitrogens with two attached hydrogens (primary N) is 1. The Labute approximate surface area is 159 Å². The van der Waals surface area contributed by atoms with Crippen LogP contribution in [0.5, 0.6) is 0 Å². The second-order valence-electron chi connectivity index (χ2n) is 6.04. The number of aromatic nitrogens is 3. The van der Waals surface area contributed by atoms with Crippen LogP contribution in [0.1, 0.15) is 28.1 Å². The van der Waals surface area contributed by atoms with Gasteiger partial charge in [0.1, 0.15) is 28.7 Å². The Morgan fingerprint density at radius 3 is 2.81 bits per heavy atom. The lowest BCUT2D eigenvalue weighted by atomic mass is 10.1. The summed E-state index contributed by atoms with van der Waals surface area (Å²) in [5, 5.41) is 4.63. The fraction of sp³-hybridized carbons (Fsp3) is 0.357. The maximum absolute atomic E-state index is 12.5. The van der Waals surface area contributed by atoms with E-state index in [-0.39, 0.29) is 28.9 Å². The van der Waals surface area contributed by atoms with Crippen LogP contribution in [0, 0.1) is 0 Å². The van der Waals surface area contributed by atoms with Crippen molar-refractivity contribution < 1.29 is 18.3 Å². The molecule has 0 fully saturated rings. The number of halogens is 1. The highest BCUT2D eigenvalue weighted by molar-refractivity contribution is 8.22. The molecule has 10 nitrogen and oxygen atoms in total. The van der Waals surface area contributed by atoms with Gasteiger partial charge in [0.15, 0.2) is 0 Å². The molecule has 1 aliphatic rings. The van der Waals surface area contributed by atoms with Gasteiger partial charge in [-0.2, -0.15) is 0 Å². The van der Waals surface area contributed by atoms with Crippen LogP contribution in [0.4, 0.5) is 10.2 Å². The van der Waals surface area contributed by atoms with Crippen molar-refractivity contribution in [3.05, 3.63) is 34.2 Å². The molecule has 0 saturated heterocycles. The molecule has 0 aromatic carbocycles. The maximum Gasteiger partial charge on any atom is 0.277 e. The van der Waals surface area contributed by atoms with Gasteiger partial charge in [-0.1, -0.05) is 0 Å². The molecule has 2 aromatic rings. The van der Waals surface area contributed by atoms with Gasteiger partial charge < -0.3 is 11.1 Å². The highest BCUT2D eigenvalue weighted by Gasteiger charge is 2.42. The van der Waals surface area contributed by atoms with Crippen molar-refractivity contribution >= 4 is 39.8 Å². The van der Waals surface area contributed by atoms with Gasteiger partial charge in [-0.25, -0.2) is 23.7 Å². The van der Waals surface area contributed by atoms with Crippen LogP contribution in [-0.2, 0) is 12.2 Å². The molecule has 27 heavy (non-hydrogen) atoms. The van der Waals surface area contributed by atoms with Crippen LogP contribution in [0.25, 0.3) is 0 Å². The molecule has 2 aromatic heterocycles. The number of aliphatic imine (C=N–C) groups is 1. The second kappa shape index (κ2) is 6.99. The molecule has 5 N–H and O–H groups in total. The third-order valence-electron chi connectivity index (χ3n) is 3.88. The number of hydrogen-bond acceptors (Lipinski definition) is 10. The molecule has 13 heteroatoms. The van der Waals surface area contributed by atoms with Crippen LogP contribution in [-0.4, -0.2) is 53.0 Å². The van der Waals surface area contributed by atoms with Gasteiger partial charge in [0.2, 0.25) is 5.96 Å². The Balaban J connectivity index is 1.79. The van der Waals surface area contributed by atoms with Crippen molar-refractivity contribution in [3.8, 4) is 0 Å². The number of alkyl halides is 1. The van der Waals surface area contributed by atoms with Crippen molar-refractivity contribution in [1.82, 2.24) is 19.3 Å². The van der Waals surface area contributed by atoms with Crippen LogP contribution in [0.3, 0.4) is 0 Å². The van der Waals surface area contributed by atoms with Crippen LogP contribution in [0.2, 0.25) is 0 Å². The number of guanidine groups is 1. The van der Waals surface area contributed by atoms with Crippen LogP contribution < -0.4 is 11.1 Å². The molecule has 1 atom stereocenters. The van der Waals surface area contributed by atoms with Gasteiger partial charge in [-0.3, -0.25) is 18.9 Å². The van der Waals surface area contributed by atoms with E-state index in [0.717, 1.165) is 4.31 Å². The van der Waals surface area contributed by atoms with E-state index in [1.165, 1.54) is 30.8 Å². The molecule has 0 unspecified atom stereocenters. The molecular formula is C14H18FN7O3S2. The fourth-order valence-corrected chi connectivity index (χ4v) is 4.83. The Morgan fingerprint density at radius 1 is 1.48 bits per heavy atom. The number of thiazole rings is 1. The van der Waals surface area contributed by atoms with E-state index in [1.807, 2.05) is 0 Å². The van der Waals surface area contributed by atoms with Crippen molar-refractivity contribution in [1.29, 1.82) is 0 Å². The molecule has 0 bridgehead atoms. The quantitative estimate of drug-likeness (QED) is 0.590. The number of nitrogens with one attached hydrogen (secondary N) is 1. The average Bonchev–Trinajstić information content (AvgIpc) is 3.09. The van der Waals surface area contributed by atoms with Crippen molar-refractivity contribution in [2.75, 3.05) is 18.1 Å². The first-order chi connectivity index (χ1) is 12.6. The summed E-state index contributed by atoms with van der Waals surface area (Å²) in [7, 11) is -1.67. The molecule has 3 heterocycles. The summed E-state index contributed by atoms with van der Waals surface area (Å²) in [6.45, 7) is 0.924. The summed E-state index contributed by atoms with van der Waals surface area (Å²) in [4.78, 5) is 28.5. The minimum absolute atomic E-state index is 0.00670. The molecule has 1 aliphatic heterocycles. The molecular weight excluding hydrogens is 397 g/mol. The number of amides is 1. The average molecular weight is 415 g/mol. The zero-order valence-corrected chi connectivity index (χ0v) is 16.1. The zero-order valence-electron chi connectivity index (χ0n) is 14.5. The van der Waals surface area contributed by atoms with E-state index in [2.05, 4.69) is 25.3 Å². The molecule has 0 aliphatic carbocycles. The third-order valence-corrected chi connectivity index (χ3v) is 6.99. The number of carbonyl (C=O) groups is 1. The number of hydrogen-bond donors (Lipinski definition) is 4. The van der Waals surface area contributed by atoms with Gasteiger partial charge in [0, 0.05) is 12.4 Å². The monoisotopic (exact) mass is 415 g/mol. The van der Waals surface area contributed by atoms with E-state index >= 15 is 0 Å². The van der Waals surface area contributed by atoms with Gasteiger partial charge in [-0.15, -0.1) is 22.1 Å². The van der Waals surface area contributed by atoms with Crippen molar-refractivity contribution in [2.24, 2.45) is 10.7 Å². The minimum Gasteiger partial charge on any atom is -0.369 e. The van der Waals surface area contributed by atoms with Crippen molar-refractivity contribution in [3.63, 3.8) is 0 Å². The first-order valence-corrected chi connectivity index (χ1v) is 10.2. The topological polar surface area (TPSA) is 150 Å². The zero-order chi connectivity index (χ0) is 19.8. The summed E-state index contributed by atoms with van der Waals surface area (Å²) >= 11 is 1.20. The SMILES string of the molecule is CN1C(N)=N[C@](C)(c2nc(NC(=O)c3cnc(CF)cn3)cs2)CS1(O)O. The first kappa shape index (κ1) is 19.4. The van der Waals surface area contributed by atoms with Crippen LogP contribution >= 0.6 is 22.1 Å². The molecule has 1 amide bonds. The second-order valence-corrected chi connectivity index (χ2v) is 9.00. The van der Waals surface area contributed by atoms with Gasteiger partial charge >= 0.3 is 0 Å². The lowest BCUT2D eigenvalue weighted by Gasteiger charge is -2.48. The smallest absolute Gasteiger partial charge is 0.277 e. The molecule has 146 valence electrons. The lowest BCUT2D eigenvalue weighted by Crippen LogP contribution is -2.47. The summed E-state index contributed by atoms with van der Waals surface area (Å²) < 4.78 is 34.0. The number of carbonyl (C=O) groups excluding carboxylic acids is 1. The number of rotatable bonds is 4. The van der Waals surface area contributed by atoms with Gasteiger partial charge in [0.05, 0.1) is 23.8 Å². The predicted octanol–water partition coefficient (Wildman–Crippen LogP) is 1.80. The highest BCUT2D eigenvalue weighted by Crippen LogP contribution is 2.51. The molecule has 0 spiro atoms. The lowest BCUT2D eigenvalue weighted by molar-refractivity contribution is 0.102. The molecule has 0 radical (unpaired) electrons. The van der Waals surface area contributed by atoms with Crippen LogP contribution in [0.15, 0.2) is 22.8 Å². The third kappa shape index (κ3) is 3.85. The normalized spacial score (nSPS) is 22.9. The van der Waals surface area contributed by atoms with E-state index in [0.29, 0.717) is 5.01 Å². The van der Waals surface area contributed by atoms with E-state index in [4.69, 9.17) is 5.73 Å².